The minimum Gasteiger partial charge on any atom is -0.351 e. The quantitative estimate of drug-likeness (QED) is 0.885. The summed E-state index contributed by atoms with van der Waals surface area (Å²) in [5, 5.41) is 6.82. The van der Waals surface area contributed by atoms with Crippen LogP contribution in [0.5, 0.6) is 0 Å². The Morgan fingerprint density at radius 3 is 2.38 bits per heavy atom. The van der Waals surface area contributed by atoms with Gasteiger partial charge in [0.25, 0.3) is 0 Å². The van der Waals surface area contributed by atoms with Gasteiger partial charge >= 0.3 is 0 Å². The van der Waals surface area contributed by atoms with Crippen molar-refractivity contribution in [2.45, 2.75) is 37.8 Å². The van der Waals surface area contributed by atoms with Crippen molar-refractivity contribution in [3.05, 3.63) is 71.8 Å². The van der Waals surface area contributed by atoms with E-state index in [0.29, 0.717) is 0 Å². The molecule has 0 spiro atoms. The fourth-order valence-corrected chi connectivity index (χ4v) is 3.26. The Hall–Kier alpha value is -1.84. The fraction of sp³-hybridized carbons (Fsp3) is 0.350. The van der Waals surface area contributed by atoms with E-state index in [-0.39, 0.29) is 36.3 Å². The second-order valence-electron chi connectivity index (χ2n) is 6.23. The molecule has 128 valence electrons. The molecule has 1 heterocycles. The maximum Gasteiger partial charge on any atom is 0.227 e. The molecule has 1 fully saturated rings. The molecule has 24 heavy (non-hydrogen) atoms. The Morgan fingerprint density at radius 1 is 1.08 bits per heavy atom. The van der Waals surface area contributed by atoms with Crippen molar-refractivity contribution >= 4 is 18.3 Å². The molecular weight excluding hydrogens is 320 g/mol. The highest BCUT2D eigenvalue weighted by Crippen LogP contribution is 2.24. The van der Waals surface area contributed by atoms with Gasteiger partial charge in [0.15, 0.2) is 0 Å². The van der Waals surface area contributed by atoms with E-state index in [1.807, 2.05) is 43.3 Å². The van der Waals surface area contributed by atoms with Gasteiger partial charge in [-0.3, -0.25) is 4.79 Å². The number of nitrogens with one attached hydrogen (secondary N) is 2. The van der Waals surface area contributed by atoms with Crippen LogP contribution in [0.3, 0.4) is 0 Å². The molecule has 1 aliphatic heterocycles. The monoisotopic (exact) mass is 344 g/mol. The second-order valence-corrected chi connectivity index (χ2v) is 6.23. The Bertz CT molecular complexity index is 633. The van der Waals surface area contributed by atoms with Crippen molar-refractivity contribution in [2.24, 2.45) is 0 Å². The molecule has 3 nitrogen and oxygen atoms in total. The normalized spacial score (nSPS) is 21.4. The van der Waals surface area contributed by atoms with Crippen LogP contribution < -0.4 is 10.6 Å². The molecule has 0 unspecified atom stereocenters. The van der Waals surface area contributed by atoms with E-state index in [1.165, 1.54) is 5.56 Å². The number of hydrogen-bond donors (Lipinski definition) is 2. The number of piperidine rings is 1. The van der Waals surface area contributed by atoms with Crippen LogP contribution in [0, 0.1) is 0 Å². The summed E-state index contributed by atoms with van der Waals surface area (Å²) in [5.41, 5.74) is 2.30. The Balaban J connectivity index is 0.00000208. The van der Waals surface area contributed by atoms with E-state index in [2.05, 4.69) is 34.9 Å². The molecule has 2 aromatic carbocycles. The van der Waals surface area contributed by atoms with E-state index in [1.54, 1.807) is 0 Å². The predicted molar refractivity (Wildman–Crippen MR) is 100 cm³/mol. The number of rotatable bonds is 4. The molecule has 4 heteroatoms. The molecule has 2 N–H and O–H groups in total. The number of carbonyl (C=O) groups is 1. The molecule has 1 saturated heterocycles. The van der Waals surface area contributed by atoms with Crippen LogP contribution in [0.1, 0.15) is 42.9 Å². The van der Waals surface area contributed by atoms with Gasteiger partial charge in [0.05, 0.1) is 12.0 Å². The number of hydrogen-bond acceptors (Lipinski definition) is 2. The van der Waals surface area contributed by atoms with Crippen molar-refractivity contribution < 1.29 is 4.79 Å². The van der Waals surface area contributed by atoms with E-state index in [4.69, 9.17) is 0 Å². The highest BCUT2D eigenvalue weighted by molar-refractivity contribution is 5.85. The molecule has 1 amide bonds. The van der Waals surface area contributed by atoms with Crippen molar-refractivity contribution in [3.8, 4) is 0 Å². The third-order valence-electron chi connectivity index (χ3n) is 4.64. The molecule has 0 aliphatic carbocycles. The van der Waals surface area contributed by atoms with Crippen molar-refractivity contribution in [3.63, 3.8) is 0 Å². The predicted octanol–water partition coefficient (Wildman–Crippen LogP) is 3.82. The number of carbonyl (C=O) groups excluding carboxylic acids is 1. The first-order valence-corrected chi connectivity index (χ1v) is 8.39. The smallest absolute Gasteiger partial charge is 0.227 e. The first-order valence-electron chi connectivity index (χ1n) is 8.39. The van der Waals surface area contributed by atoms with Gasteiger partial charge in [0, 0.05) is 6.04 Å². The summed E-state index contributed by atoms with van der Waals surface area (Å²) < 4.78 is 0. The highest BCUT2D eigenvalue weighted by atomic mass is 35.5. The summed E-state index contributed by atoms with van der Waals surface area (Å²) in [6.45, 7) is 2.97. The minimum atomic E-state index is -0.130. The minimum absolute atomic E-state index is 0. The molecule has 0 saturated carbocycles. The molecule has 1 aliphatic rings. The van der Waals surface area contributed by atoms with Crippen LogP contribution in [-0.4, -0.2) is 18.5 Å². The lowest BCUT2D eigenvalue weighted by atomic mass is 9.91. The standard InChI is InChI=1S/C20H24N2O.ClH/c1-15(16-9-4-2-5-10-16)20(23)22-18-13-8-14-21-19(18)17-11-6-3-7-12-17;/h2-7,9-12,15,18-19,21H,8,13-14H2,1H3,(H,22,23);1H/t15-,18+,19+;/m1./s1. The zero-order valence-corrected chi connectivity index (χ0v) is 14.8. The fourth-order valence-electron chi connectivity index (χ4n) is 3.26. The van der Waals surface area contributed by atoms with Crippen LogP contribution >= 0.6 is 12.4 Å². The topological polar surface area (TPSA) is 41.1 Å². The summed E-state index contributed by atoms with van der Waals surface area (Å²) in [6.07, 6.45) is 2.10. The lowest BCUT2D eigenvalue weighted by Crippen LogP contribution is -2.49. The SMILES string of the molecule is C[C@@H](C(=O)N[C@H]1CCCN[C@H]1c1ccccc1)c1ccccc1.Cl. The zero-order chi connectivity index (χ0) is 16.1. The number of benzene rings is 2. The Kier molecular flexibility index (Phi) is 6.83. The van der Waals surface area contributed by atoms with Gasteiger partial charge in [0.1, 0.15) is 0 Å². The summed E-state index contributed by atoms with van der Waals surface area (Å²) in [6, 6.07) is 20.7. The summed E-state index contributed by atoms with van der Waals surface area (Å²) in [4.78, 5) is 12.6. The summed E-state index contributed by atoms with van der Waals surface area (Å²) >= 11 is 0. The van der Waals surface area contributed by atoms with Gasteiger partial charge in [-0.1, -0.05) is 60.7 Å². The molecule has 0 bridgehead atoms. The Morgan fingerprint density at radius 2 is 1.71 bits per heavy atom. The summed E-state index contributed by atoms with van der Waals surface area (Å²) in [7, 11) is 0. The largest absolute Gasteiger partial charge is 0.351 e. The van der Waals surface area contributed by atoms with Gasteiger partial charge < -0.3 is 10.6 Å². The third kappa shape index (κ3) is 4.37. The first-order chi connectivity index (χ1) is 11.3. The van der Waals surface area contributed by atoms with Crippen LogP contribution in [-0.2, 0) is 4.79 Å². The lowest BCUT2D eigenvalue weighted by molar-refractivity contribution is -0.123. The van der Waals surface area contributed by atoms with Gasteiger partial charge in [-0.05, 0) is 37.4 Å². The van der Waals surface area contributed by atoms with Crippen molar-refractivity contribution in [2.75, 3.05) is 6.54 Å². The van der Waals surface area contributed by atoms with Crippen LogP contribution in [0.25, 0.3) is 0 Å². The molecule has 3 atom stereocenters. The van der Waals surface area contributed by atoms with E-state index < -0.39 is 0 Å². The van der Waals surface area contributed by atoms with Crippen molar-refractivity contribution in [1.82, 2.24) is 10.6 Å². The highest BCUT2D eigenvalue weighted by Gasteiger charge is 2.28. The average Bonchev–Trinajstić information content (AvgIpc) is 2.63. The third-order valence-corrected chi connectivity index (χ3v) is 4.64. The van der Waals surface area contributed by atoms with E-state index >= 15 is 0 Å². The van der Waals surface area contributed by atoms with Gasteiger partial charge in [-0.25, -0.2) is 0 Å². The maximum atomic E-state index is 12.6. The molecule has 0 aromatic heterocycles. The molecule has 3 rings (SSSR count). The number of halogens is 1. The first kappa shape index (κ1) is 18.5. The number of amides is 1. The van der Waals surface area contributed by atoms with E-state index in [9.17, 15) is 4.79 Å². The van der Waals surface area contributed by atoms with Gasteiger partial charge in [-0.2, -0.15) is 0 Å². The molecular formula is C20H25ClN2O. The van der Waals surface area contributed by atoms with Crippen LogP contribution in [0.4, 0.5) is 0 Å². The summed E-state index contributed by atoms with van der Waals surface area (Å²) in [5.74, 6) is -0.0274. The van der Waals surface area contributed by atoms with Crippen LogP contribution in [0.15, 0.2) is 60.7 Å². The van der Waals surface area contributed by atoms with Gasteiger partial charge in [0.2, 0.25) is 5.91 Å². The molecule has 0 radical (unpaired) electrons. The Labute approximate surface area is 150 Å². The maximum absolute atomic E-state index is 12.6. The lowest BCUT2D eigenvalue weighted by Gasteiger charge is -2.34. The second kappa shape index (κ2) is 8.86. The average molecular weight is 345 g/mol. The van der Waals surface area contributed by atoms with Crippen LogP contribution in [0.2, 0.25) is 0 Å². The molecule has 2 aromatic rings. The van der Waals surface area contributed by atoms with Crippen molar-refractivity contribution in [1.29, 1.82) is 0 Å². The van der Waals surface area contributed by atoms with Gasteiger partial charge in [-0.15, -0.1) is 12.4 Å². The van der Waals surface area contributed by atoms with E-state index in [0.717, 1.165) is 24.9 Å². The zero-order valence-electron chi connectivity index (χ0n) is 13.9.